The quantitative estimate of drug-likeness (QED) is 0.117. The Morgan fingerprint density at radius 1 is 0.810 bits per heavy atom. The molecule has 0 saturated heterocycles. The summed E-state index contributed by atoms with van der Waals surface area (Å²) in [7, 11) is 0. The molecule has 0 unspecified atom stereocenters. The predicted octanol–water partition coefficient (Wildman–Crippen LogP) is 6.24. The van der Waals surface area contributed by atoms with Crippen molar-refractivity contribution in [2.45, 2.75) is 13.1 Å². The fraction of sp³-hybridized carbons (Fsp3) is 0.0769. The molecule has 16 heteroatoms. The van der Waals surface area contributed by atoms with Gasteiger partial charge in [-0.3, -0.25) is 30.4 Å². The molecule has 1 aliphatic rings. The van der Waals surface area contributed by atoms with Crippen LogP contribution in [0.3, 0.4) is 0 Å². The zero-order chi connectivity index (χ0) is 30.0. The molecule has 4 aromatic carbocycles. The minimum Gasteiger partial charge on any atom is -0.410 e. The minimum atomic E-state index is -0.720. The number of aromatic nitrogens is 3. The number of nitro benzene ring substituents is 2. The Bertz CT molecular complexity index is 1770. The van der Waals surface area contributed by atoms with Crippen molar-refractivity contribution in [3.63, 3.8) is 0 Å². The molecule has 5 aromatic rings. The second kappa shape index (κ2) is 12.1. The van der Waals surface area contributed by atoms with Gasteiger partial charge in [0.05, 0.1) is 29.0 Å². The summed E-state index contributed by atoms with van der Waals surface area (Å²) in [5.74, 6) is 0. The topological polar surface area (TPSA) is 167 Å². The van der Waals surface area contributed by atoms with Crippen molar-refractivity contribution in [3.05, 3.63) is 125 Å². The summed E-state index contributed by atoms with van der Waals surface area (Å²) >= 11 is 6.60. The largest absolute Gasteiger partial charge is 0.410 e. The van der Waals surface area contributed by atoms with Crippen LogP contribution in [0.2, 0.25) is 0 Å². The first-order chi connectivity index (χ1) is 20.1. The molecule has 214 valence electrons. The summed E-state index contributed by atoms with van der Waals surface area (Å²) in [4.78, 5) is 22.4. The molecule has 0 bridgehead atoms. The van der Waals surface area contributed by atoms with Crippen molar-refractivity contribution in [1.82, 2.24) is 20.3 Å². The number of non-ortho nitro benzene ring substituents is 1. The molecule has 0 radical (unpaired) electrons. The Labute approximate surface area is 254 Å². The van der Waals surface area contributed by atoms with E-state index in [2.05, 4.69) is 42.2 Å². The molecule has 1 aliphatic heterocycles. The van der Waals surface area contributed by atoms with Crippen LogP contribution >= 0.6 is 31.9 Å². The zero-order valence-electron chi connectivity index (χ0n) is 21.4. The van der Waals surface area contributed by atoms with E-state index in [1.54, 1.807) is 11.1 Å². The van der Waals surface area contributed by atoms with E-state index in [1.807, 2.05) is 66.7 Å². The number of benzene rings is 4. The number of hydrazine groups is 2. The van der Waals surface area contributed by atoms with Crippen LogP contribution in [0.4, 0.5) is 22.7 Å². The van der Waals surface area contributed by atoms with Gasteiger partial charge in [-0.25, -0.2) is 0 Å². The second-order valence-electron chi connectivity index (χ2n) is 8.93. The van der Waals surface area contributed by atoms with Gasteiger partial charge in [-0.05, 0) is 44.4 Å². The van der Waals surface area contributed by atoms with Gasteiger partial charge in [0.2, 0.25) is 0 Å². The molecule has 14 nitrogen and oxygen atoms in total. The molecular formula is C26H20Br2N8O6. The summed E-state index contributed by atoms with van der Waals surface area (Å²) in [5.41, 5.74) is 2.04. The standard InChI is InChI=1S/C20H17N5O5.C6H3Br2N3O/c26-23-18-11-17(24(27)28)12-19(25(29)30)20(18)21(13-15-7-3-1-4-8-15)22(23)14-16-9-5-2-6-10-16;7-3-1-4(8)6-5(2-3)11(12)10-9-6/h1-12,26H,13-14H2;1-2,12H. The Morgan fingerprint density at radius 2 is 1.43 bits per heavy atom. The average molecular weight is 700 g/mol. The highest BCUT2D eigenvalue weighted by molar-refractivity contribution is 9.11. The van der Waals surface area contributed by atoms with E-state index in [-0.39, 0.29) is 24.5 Å². The summed E-state index contributed by atoms with van der Waals surface area (Å²) in [6.45, 7) is 0.417. The molecule has 0 atom stereocenters. The first-order valence-corrected chi connectivity index (χ1v) is 13.7. The van der Waals surface area contributed by atoms with E-state index in [9.17, 15) is 25.4 Å². The number of hydrogen-bond acceptors (Lipinski definition) is 11. The van der Waals surface area contributed by atoms with Crippen molar-refractivity contribution in [2.75, 3.05) is 10.2 Å². The van der Waals surface area contributed by atoms with Crippen LogP contribution < -0.4 is 10.2 Å². The van der Waals surface area contributed by atoms with Gasteiger partial charge in [-0.1, -0.05) is 81.4 Å². The van der Waals surface area contributed by atoms with E-state index in [0.717, 1.165) is 42.2 Å². The van der Waals surface area contributed by atoms with Gasteiger partial charge >= 0.3 is 5.69 Å². The average Bonchev–Trinajstić information content (AvgIpc) is 3.47. The molecule has 0 amide bonds. The molecule has 1 aromatic heterocycles. The Morgan fingerprint density at radius 3 is 2.02 bits per heavy atom. The van der Waals surface area contributed by atoms with Crippen LogP contribution in [-0.2, 0) is 13.1 Å². The predicted molar refractivity (Wildman–Crippen MR) is 159 cm³/mol. The molecule has 0 aliphatic carbocycles. The molecule has 0 spiro atoms. The van der Waals surface area contributed by atoms with Gasteiger partial charge in [-0.15, -0.1) is 10.2 Å². The molecule has 0 saturated carbocycles. The highest BCUT2D eigenvalue weighted by Gasteiger charge is 2.41. The third kappa shape index (κ3) is 5.87. The molecule has 2 N–H and O–H groups in total. The van der Waals surface area contributed by atoms with Gasteiger partial charge in [0.1, 0.15) is 16.7 Å². The third-order valence-corrected chi connectivity index (χ3v) is 7.29. The summed E-state index contributed by atoms with van der Waals surface area (Å²) < 4.78 is 1.66. The lowest BCUT2D eigenvalue weighted by atomic mass is 10.1. The van der Waals surface area contributed by atoms with Crippen molar-refractivity contribution in [3.8, 4) is 0 Å². The summed E-state index contributed by atoms with van der Waals surface area (Å²) in [5, 5.41) is 53.9. The SMILES string of the molecule is O=[N+]([O-])c1cc2c(c([N+](=O)[O-])c1)N(Cc1ccccc1)N(Cc1ccccc1)N2O.On1nnc2c(Br)cc(Br)cc21. The van der Waals surface area contributed by atoms with E-state index < -0.39 is 21.2 Å². The molecular weight excluding hydrogens is 680 g/mol. The normalized spacial score (nSPS) is 12.6. The monoisotopic (exact) mass is 698 g/mol. The lowest BCUT2D eigenvalue weighted by molar-refractivity contribution is -0.393. The van der Waals surface area contributed by atoms with Crippen molar-refractivity contribution in [2.24, 2.45) is 0 Å². The molecule has 2 heterocycles. The number of nitro groups is 2. The van der Waals surface area contributed by atoms with E-state index in [0.29, 0.717) is 11.0 Å². The number of rotatable bonds is 6. The van der Waals surface area contributed by atoms with Gasteiger partial charge < -0.3 is 5.21 Å². The fourth-order valence-corrected chi connectivity index (χ4v) is 5.63. The Hall–Kier alpha value is -4.64. The van der Waals surface area contributed by atoms with Gasteiger partial charge in [0.15, 0.2) is 5.69 Å². The molecule has 42 heavy (non-hydrogen) atoms. The zero-order valence-corrected chi connectivity index (χ0v) is 24.5. The van der Waals surface area contributed by atoms with Crippen molar-refractivity contribution >= 4 is 65.6 Å². The number of halogens is 2. The van der Waals surface area contributed by atoms with Crippen LogP contribution in [0.15, 0.2) is 93.9 Å². The summed E-state index contributed by atoms with van der Waals surface area (Å²) in [6, 6.07) is 24.1. The Balaban J connectivity index is 0.000000244. The Kier molecular flexibility index (Phi) is 8.30. The number of hydrogen-bond donors (Lipinski definition) is 2. The third-order valence-electron chi connectivity index (χ3n) is 6.23. The maximum absolute atomic E-state index is 11.7. The van der Waals surface area contributed by atoms with Crippen LogP contribution in [-0.4, -0.2) is 40.5 Å². The van der Waals surface area contributed by atoms with Gasteiger partial charge in [0, 0.05) is 15.0 Å². The maximum atomic E-state index is 11.7. The highest BCUT2D eigenvalue weighted by atomic mass is 79.9. The van der Waals surface area contributed by atoms with E-state index in [1.165, 1.54) is 5.12 Å². The lowest BCUT2D eigenvalue weighted by Gasteiger charge is -2.32. The maximum Gasteiger partial charge on any atom is 0.303 e. The van der Waals surface area contributed by atoms with Crippen molar-refractivity contribution in [1.29, 1.82) is 0 Å². The van der Waals surface area contributed by atoms with Crippen LogP contribution in [0, 0.1) is 20.2 Å². The first kappa shape index (κ1) is 28.9. The number of fused-ring (bicyclic) bond motifs is 2. The summed E-state index contributed by atoms with van der Waals surface area (Å²) in [6.07, 6.45) is 0. The highest BCUT2D eigenvalue weighted by Crippen LogP contribution is 2.47. The lowest BCUT2D eigenvalue weighted by Crippen LogP contribution is -2.46. The van der Waals surface area contributed by atoms with Gasteiger partial charge in [-0.2, -0.15) is 5.17 Å². The van der Waals surface area contributed by atoms with Gasteiger partial charge in [0.25, 0.3) is 5.69 Å². The first-order valence-electron chi connectivity index (χ1n) is 12.1. The van der Waals surface area contributed by atoms with Crippen LogP contribution in [0.1, 0.15) is 11.1 Å². The van der Waals surface area contributed by atoms with E-state index >= 15 is 0 Å². The van der Waals surface area contributed by atoms with E-state index in [4.69, 9.17) is 5.21 Å². The number of anilines is 2. The van der Waals surface area contributed by atoms with Crippen LogP contribution in [0.5, 0.6) is 0 Å². The van der Waals surface area contributed by atoms with Crippen LogP contribution in [0.25, 0.3) is 11.0 Å². The second-order valence-corrected chi connectivity index (χ2v) is 10.7. The molecule has 0 fully saturated rings. The van der Waals surface area contributed by atoms with Crippen molar-refractivity contribution < 1.29 is 20.3 Å². The number of nitrogens with zero attached hydrogens (tertiary/aromatic N) is 8. The fourth-order valence-electron chi connectivity index (χ4n) is 4.35. The minimum absolute atomic E-state index is 0.0252. The smallest absolute Gasteiger partial charge is 0.303 e. The molecule has 6 rings (SSSR count).